The van der Waals surface area contributed by atoms with Crippen molar-refractivity contribution in [1.82, 2.24) is 9.88 Å². The summed E-state index contributed by atoms with van der Waals surface area (Å²) in [6, 6.07) is 9.04. The molecule has 1 aromatic carbocycles. The average Bonchev–Trinajstić information content (AvgIpc) is 3.63. The van der Waals surface area contributed by atoms with Gasteiger partial charge in [-0.2, -0.15) is 13.2 Å². The standard InChI is InChI=1S/C25H28N4O4S3.C2HF3O2/c1-3-19-16(24(31)32)8-5-9-29(19)21(30)12-33-15-7-4-6-14(10-15)18-13-35-23(28-18)17-11-20(22(26)27)36-25(17)34-2;3-2(4,5)1(6)7/h4,6-7,10-11,13,16,19H,3,5,8-9,12H2,1-2H3,(H3,26,27)(H,31,32);(H,6,7). The molecule has 0 saturated carbocycles. The van der Waals surface area contributed by atoms with Gasteiger partial charge in [0.25, 0.3) is 5.91 Å². The van der Waals surface area contributed by atoms with E-state index in [9.17, 15) is 27.9 Å². The van der Waals surface area contributed by atoms with Gasteiger partial charge in [0.05, 0.1) is 20.7 Å². The fourth-order valence-electron chi connectivity index (χ4n) is 4.47. The van der Waals surface area contributed by atoms with Gasteiger partial charge in [-0.3, -0.25) is 15.0 Å². The number of aromatic nitrogens is 1. The first-order valence-corrected chi connectivity index (χ1v) is 15.7. The second kappa shape index (κ2) is 14.7. The number of thioether (sulfide) groups is 1. The number of carbonyl (C=O) groups is 3. The van der Waals surface area contributed by atoms with Crippen LogP contribution in [-0.4, -0.2) is 75.4 Å². The summed E-state index contributed by atoms with van der Waals surface area (Å²) in [5.74, 6) is -3.73. The fourth-order valence-corrected chi connectivity index (χ4v) is 7.18. The predicted molar refractivity (Wildman–Crippen MR) is 159 cm³/mol. The van der Waals surface area contributed by atoms with Crippen molar-refractivity contribution in [3.63, 3.8) is 0 Å². The molecule has 1 fully saturated rings. The van der Waals surface area contributed by atoms with E-state index in [1.807, 2.05) is 42.8 Å². The number of benzene rings is 1. The number of halogens is 3. The molecular formula is C27H29F3N4O6S3. The number of rotatable bonds is 9. The second-order valence-electron chi connectivity index (χ2n) is 9.24. The molecule has 2 unspecified atom stereocenters. The van der Waals surface area contributed by atoms with Crippen LogP contribution in [0.3, 0.4) is 0 Å². The lowest BCUT2D eigenvalue weighted by molar-refractivity contribution is -0.192. The minimum absolute atomic E-state index is 0.0472. The number of thiazole rings is 1. The Morgan fingerprint density at radius 1 is 1.26 bits per heavy atom. The molecule has 16 heteroatoms. The smallest absolute Gasteiger partial charge is 0.484 e. The molecule has 1 aliphatic heterocycles. The number of carboxylic acids is 2. The molecule has 4 rings (SSSR count). The van der Waals surface area contributed by atoms with E-state index >= 15 is 0 Å². The minimum Gasteiger partial charge on any atom is -0.484 e. The Balaban J connectivity index is 0.000000646. The number of ether oxygens (including phenoxy) is 1. The van der Waals surface area contributed by atoms with Crippen LogP contribution < -0.4 is 10.5 Å². The number of amides is 1. The molecule has 3 heterocycles. The van der Waals surface area contributed by atoms with E-state index < -0.39 is 24.0 Å². The Bertz CT molecular complexity index is 1480. The van der Waals surface area contributed by atoms with Crippen LogP contribution in [0.25, 0.3) is 21.8 Å². The number of carboxylic acid groups (broad SMARTS) is 2. The number of hydrogen-bond donors (Lipinski definition) is 4. The summed E-state index contributed by atoms with van der Waals surface area (Å²) in [6.45, 7) is 2.32. The summed E-state index contributed by atoms with van der Waals surface area (Å²) < 4.78 is 38.6. The fraction of sp³-hybridized carbons (Fsp3) is 0.370. The molecule has 1 amide bonds. The number of alkyl halides is 3. The van der Waals surface area contributed by atoms with Crippen molar-refractivity contribution in [3.05, 3.63) is 40.6 Å². The molecule has 10 nitrogen and oxygen atoms in total. The Kier molecular flexibility index (Phi) is 11.6. The van der Waals surface area contributed by atoms with Crippen molar-refractivity contribution in [2.75, 3.05) is 19.4 Å². The van der Waals surface area contributed by atoms with Gasteiger partial charge in [-0.15, -0.1) is 34.4 Å². The predicted octanol–water partition coefficient (Wildman–Crippen LogP) is 5.66. The molecular weight excluding hydrogens is 630 g/mol. The molecule has 5 N–H and O–H groups in total. The topological polar surface area (TPSA) is 167 Å². The largest absolute Gasteiger partial charge is 0.490 e. The van der Waals surface area contributed by atoms with Gasteiger partial charge in [-0.1, -0.05) is 19.1 Å². The van der Waals surface area contributed by atoms with Crippen molar-refractivity contribution in [2.24, 2.45) is 11.7 Å². The number of piperidine rings is 1. The zero-order chi connectivity index (χ0) is 31.9. The summed E-state index contributed by atoms with van der Waals surface area (Å²) in [5, 5.41) is 27.2. The highest BCUT2D eigenvalue weighted by molar-refractivity contribution is 8.00. The summed E-state index contributed by atoms with van der Waals surface area (Å²) in [6.07, 6.45) is -1.22. The maximum atomic E-state index is 12.9. The highest BCUT2D eigenvalue weighted by Gasteiger charge is 2.38. The normalized spacial score (nSPS) is 16.6. The van der Waals surface area contributed by atoms with Crippen molar-refractivity contribution in [1.29, 1.82) is 5.41 Å². The lowest BCUT2D eigenvalue weighted by Gasteiger charge is -2.39. The zero-order valence-corrected chi connectivity index (χ0v) is 25.5. The highest BCUT2D eigenvalue weighted by atomic mass is 32.2. The Morgan fingerprint density at radius 2 is 1.95 bits per heavy atom. The van der Waals surface area contributed by atoms with E-state index in [1.54, 1.807) is 22.7 Å². The third-order valence-electron chi connectivity index (χ3n) is 6.45. The van der Waals surface area contributed by atoms with E-state index in [1.165, 1.54) is 22.7 Å². The molecule has 0 spiro atoms. The highest BCUT2D eigenvalue weighted by Crippen LogP contribution is 2.40. The van der Waals surface area contributed by atoms with Gasteiger partial charge in [0, 0.05) is 29.1 Å². The number of nitrogens with zero attached hydrogens (tertiary/aromatic N) is 2. The van der Waals surface area contributed by atoms with Gasteiger partial charge in [0.1, 0.15) is 16.6 Å². The van der Waals surface area contributed by atoms with Crippen molar-refractivity contribution in [3.8, 4) is 27.6 Å². The van der Waals surface area contributed by atoms with Gasteiger partial charge in [-0.25, -0.2) is 9.78 Å². The molecule has 232 valence electrons. The van der Waals surface area contributed by atoms with Crippen molar-refractivity contribution >= 4 is 58.1 Å². The number of carbonyl (C=O) groups excluding carboxylic acids is 1. The number of nitrogens with one attached hydrogen (secondary N) is 1. The maximum absolute atomic E-state index is 12.9. The summed E-state index contributed by atoms with van der Waals surface area (Å²) in [5.41, 5.74) is 8.30. The van der Waals surface area contributed by atoms with E-state index in [2.05, 4.69) is 0 Å². The zero-order valence-electron chi connectivity index (χ0n) is 23.0. The number of thiophene rings is 1. The van der Waals surface area contributed by atoms with Crippen LogP contribution in [0.2, 0.25) is 0 Å². The van der Waals surface area contributed by atoms with Crippen LogP contribution in [0.15, 0.2) is 39.9 Å². The van der Waals surface area contributed by atoms with E-state index in [0.717, 1.165) is 30.9 Å². The molecule has 1 aliphatic rings. The summed E-state index contributed by atoms with van der Waals surface area (Å²) in [7, 11) is 0. The van der Waals surface area contributed by atoms with Gasteiger partial charge in [0.15, 0.2) is 6.61 Å². The maximum Gasteiger partial charge on any atom is 0.490 e. The minimum atomic E-state index is -5.08. The Morgan fingerprint density at radius 3 is 2.53 bits per heavy atom. The first kappa shape index (κ1) is 33.9. The lowest BCUT2D eigenvalue weighted by atomic mass is 9.87. The lowest BCUT2D eigenvalue weighted by Crippen LogP contribution is -2.51. The second-order valence-corrected chi connectivity index (χ2v) is 12.2. The van der Waals surface area contributed by atoms with Crippen LogP contribution in [0.1, 0.15) is 31.1 Å². The number of amidine groups is 1. The number of likely N-dealkylation sites (tertiary alicyclic amines) is 1. The molecule has 0 bridgehead atoms. The molecule has 0 radical (unpaired) electrons. The number of nitrogen functional groups attached to an aromatic ring is 1. The third kappa shape index (κ3) is 8.70. The van der Waals surface area contributed by atoms with Crippen LogP contribution in [0, 0.1) is 11.3 Å². The van der Waals surface area contributed by atoms with Gasteiger partial charge in [0.2, 0.25) is 0 Å². The van der Waals surface area contributed by atoms with Gasteiger partial charge < -0.3 is 25.6 Å². The number of nitrogens with two attached hydrogens (primary N) is 1. The summed E-state index contributed by atoms with van der Waals surface area (Å²) >= 11 is 4.61. The molecule has 2 aromatic heterocycles. The average molecular weight is 659 g/mol. The SMILES string of the molecule is CCC1C(C(=O)O)CCCN1C(=O)COc1cccc(-c2csc(-c3cc(C(=N)N)sc3SC)n2)c1.O=C(O)C(F)(F)F. The van der Waals surface area contributed by atoms with E-state index in [4.69, 9.17) is 30.8 Å². The Labute approximate surface area is 257 Å². The third-order valence-corrected chi connectivity index (χ3v) is 9.63. The van der Waals surface area contributed by atoms with Crippen LogP contribution in [-0.2, 0) is 14.4 Å². The Hall–Kier alpha value is -3.63. The molecule has 1 saturated heterocycles. The van der Waals surface area contributed by atoms with E-state index in [0.29, 0.717) is 31.6 Å². The first-order valence-electron chi connectivity index (χ1n) is 12.8. The molecule has 3 aromatic rings. The van der Waals surface area contributed by atoms with Gasteiger partial charge >= 0.3 is 18.1 Å². The quantitative estimate of drug-likeness (QED) is 0.129. The van der Waals surface area contributed by atoms with Crippen LogP contribution >= 0.6 is 34.4 Å². The number of aliphatic carboxylic acids is 2. The van der Waals surface area contributed by atoms with Crippen LogP contribution in [0.5, 0.6) is 5.75 Å². The van der Waals surface area contributed by atoms with Crippen molar-refractivity contribution < 1.29 is 42.5 Å². The number of hydrogen-bond acceptors (Lipinski definition) is 9. The van der Waals surface area contributed by atoms with Gasteiger partial charge in [-0.05, 0) is 43.7 Å². The molecule has 0 aliphatic carbocycles. The van der Waals surface area contributed by atoms with Crippen LogP contribution in [0.4, 0.5) is 13.2 Å². The summed E-state index contributed by atoms with van der Waals surface area (Å²) in [4.78, 5) is 40.6. The first-order chi connectivity index (χ1) is 20.3. The van der Waals surface area contributed by atoms with E-state index in [-0.39, 0.29) is 24.4 Å². The monoisotopic (exact) mass is 658 g/mol. The van der Waals surface area contributed by atoms with Crippen molar-refractivity contribution in [2.45, 2.75) is 42.6 Å². The molecule has 2 atom stereocenters. The molecule has 43 heavy (non-hydrogen) atoms.